The van der Waals surface area contributed by atoms with Gasteiger partial charge in [-0.2, -0.15) is 0 Å². The van der Waals surface area contributed by atoms with Crippen LogP contribution in [0.25, 0.3) is 0 Å². The third-order valence-electron chi connectivity index (χ3n) is 3.46. The molecule has 0 spiro atoms. The Morgan fingerprint density at radius 2 is 2.28 bits per heavy atom. The summed E-state index contributed by atoms with van der Waals surface area (Å²) < 4.78 is 0. The Balaban J connectivity index is 2.01. The number of carbonyl (C=O) groups is 1. The molecule has 3 nitrogen and oxygen atoms in total. The summed E-state index contributed by atoms with van der Waals surface area (Å²) in [6, 6.07) is 8.11. The number of nitrogens with one attached hydrogen (secondary N) is 2. The first-order chi connectivity index (χ1) is 8.81. The zero-order valence-corrected chi connectivity index (χ0v) is 11.0. The van der Waals surface area contributed by atoms with Gasteiger partial charge in [-0.1, -0.05) is 31.5 Å². The number of anilines is 1. The number of aryl methyl sites for hydroxylation is 1. The smallest absolute Gasteiger partial charge is 0.228 e. The Kier molecular flexibility index (Phi) is 4.76. The van der Waals surface area contributed by atoms with Crippen molar-refractivity contribution in [1.29, 1.82) is 0 Å². The van der Waals surface area contributed by atoms with Gasteiger partial charge in [-0.25, -0.2) is 0 Å². The van der Waals surface area contributed by atoms with Gasteiger partial charge in [0.15, 0.2) is 0 Å². The van der Waals surface area contributed by atoms with Crippen LogP contribution in [0.15, 0.2) is 24.3 Å². The number of hydrogen-bond acceptors (Lipinski definition) is 2. The SMILES string of the molecule is CCCc1ccccc1NC(=O)[C@@H]1CCCNC1. The molecule has 1 saturated heterocycles. The fraction of sp³-hybridized carbons (Fsp3) is 0.533. The van der Waals surface area contributed by atoms with Gasteiger partial charge in [0.2, 0.25) is 5.91 Å². The largest absolute Gasteiger partial charge is 0.326 e. The van der Waals surface area contributed by atoms with Crippen LogP contribution in [0.2, 0.25) is 0 Å². The van der Waals surface area contributed by atoms with Crippen molar-refractivity contribution in [2.75, 3.05) is 18.4 Å². The van der Waals surface area contributed by atoms with Gasteiger partial charge in [0.25, 0.3) is 0 Å². The van der Waals surface area contributed by atoms with Crippen molar-refractivity contribution in [3.63, 3.8) is 0 Å². The lowest BCUT2D eigenvalue weighted by Crippen LogP contribution is -2.37. The van der Waals surface area contributed by atoms with E-state index in [1.165, 1.54) is 5.56 Å². The van der Waals surface area contributed by atoms with E-state index in [-0.39, 0.29) is 11.8 Å². The summed E-state index contributed by atoms with van der Waals surface area (Å²) in [5, 5.41) is 6.37. The van der Waals surface area contributed by atoms with E-state index < -0.39 is 0 Å². The van der Waals surface area contributed by atoms with Crippen molar-refractivity contribution in [1.82, 2.24) is 5.32 Å². The van der Waals surface area contributed by atoms with Gasteiger partial charge in [-0.3, -0.25) is 4.79 Å². The summed E-state index contributed by atoms with van der Waals surface area (Å²) in [4.78, 5) is 12.2. The van der Waals surface area contributed by atoms with Crippen molar-refractivity contribution in [2.24, 2.45) is 5.92 Å². The van der Waals surface area contributed by atoms with E-state index in [1.54, 1.807) is 0 Å². The molecule has 0 aromatic heterocycles. The molecule has 0 bridgehead atoms. The first-order valence-corrected chi connectivity index (χ1v) is 6.90. The zero-order valence-electron chi connectivity index (χ0n) is 11.0. The molecule has 3 heteroatoms. The lowest BCUT2D eigenvalue weighted by molar-refractivity contribution is -0.120. The Morgan fingerprint density at radius 3 is 3.00 bits per heavy atom. The summed E-state index contributed by atoms with van der Waals surface area (Å²) in [5.41, 5.74) is 2.21. The third kappa shape index (κ3) is 3.33. The molecule has 0 saturated carbocycles. The Labute approximate surface area is 109 Å². The van der Waals surface area contributed by atoms with Crippen LogP contribution >= 0.6 is 0 Å². The van der Waals surface area contributed by atoms with Crippen molar-refractivity contribution in [3.05, 3.63) is 29.8 Å². The molecule has 1 aliphatic heterocycles. The predicted octanol–water partition coefficient (Wildman–Crippen LogP) is 2.58. The zero-order chi connectivity index (χ0) is 12.8. The predicted molar refractivity (Wildman–Crippen MR) is 74.7 cm³/mol. The number of benzene rings is 1. The molecule has 1 aliphatic rings. The van der Waals surface area contributed by atoms with Gasteiger partial charge in [0.05, 0.1) is 5.92 Å². The maximum absolute atomic E-state index is 12.2. The average molecular weight is 246 g/mol. The highest BCUT2D eigenvalue weighted by Gasteiger charge is 2.21. The summed E-state index contributed by atoms with van der Waals surface area (Å²) in [5.74, 6) is 0.277. The van der Waals surface area contributed by atoms with Crippen LogP contribution in [0.5, 0.6) is 0 Å². The van der Waals surface area contributed by atoms with Crippen LogP contribution in [0, 0.1) is 5.92 Å². The van der Waals surface area contributed by atoms with Gasteiger partial charge in [0, 0.05) is 12.2 Å². The number of piperidine rings is 1. The second kappa shape index (κ2) is 6.55. The van der Waals surface area contributed by atoms with Crippen molar-refractivity contribution < 1.29 is 4.79 Å². The molecular formula is C15H22N2O. The maximum atomic E-state index is 12.2. The van der Waals surface area contributed by atoms with Crippen LogP contribution in [0.4, 0.5) is 5.69 Å². The van der Waals surface area contributed by atoms with E-state index in [0.717, 1.165) is 44.5 Å². The molecule has 1 heterocycles. The van der Waals surface area contributed by atoms with Crippen LogP contribution in [-0.4, -0.2) is 19.0 Å². The molecule has 18 heavy (non-hydrogen) atoms. The van der Waals surface area contributed by atoms with Crippen LogP contribution in [0.1, 0.15) is 31.7 Å². The van der Waals surface area contributed by atoms with Gasteiger partial charge in [-0.05, 0) is 37.4 Å². The molecule has 0 aliphatic carbocycles. The van der Waals surface area contributed by atoms with Crippen LogP contribution < -0.4 is 10.6 Å². The molecule has 2 rings (SSSR count). The molecule has 1 fully saturated rings. The lowest BCUT2D eigenvalue weighted by Gasteiger charge is -2.22. The van der Waals surface area contributed by atoms with E-state index in [4.69, 9.17) is 0 Å². The number of rotatable bonds is 4. The molecule has 1 atom stereocenters. The van der Waals surface area contributed by atoms with Gasteiger partial charge < -0.3 is 10.6 Å². The second-order valence-electron chi connectivity index (χ2n) is 4.94. The maximum Gasteiger partial charge on any atom is 0.228 e. The van der Waals surface area contributed by atoms with Crippen LogP contribution in [0.3, 0.4) is 0 Å². The quantitative estimate of drug-likeness (QED) is 0.857. The Hall–Kier alpha value is -1.35. The van der Waals surface area contributed by atoms with Crippen molar-refractivity contribution in [3.8, 4) is 0 Å². The number of carbonyl (C=O) groups excluding carboxylic acids is 1. The fourth-order valence-corrected chi connectivity index (χ4v) is 2.44. The number of hydrogen-bond donors (Lipinski definition) is 2. The Morgan fingerprint density at radius 1 is 1.44 bits per heavy atom. The van der Waals surface area contributed by atoms with E-state index in [0.29, 0.717) is 0 Å². The highest BCUT2D eigenvalue weighted by molar-refractivity contribution is 5.93. The monoisotopic (exact) mass is 246 g/mol. The van der Waals surface area contributed by atoms with E-state index in [1.807, 2.05) is 18.2 Å². The number of para-hydroxylation sites is 1. The summed E-state index contributed by atoms with van der Waals surface area (Å²) >= 11 is 0. The molecule has 1 aromatic rings. The molecule has 0 unspecified atom stereocenters. The fourth-order valence-electron chi connectivity index (χ4n) is 2.44. The topological polar surface area (TPSA) is 41.1 Å². The molecular weight excluding hydrogens is 224 g/mol. The minimum Gasteiger partial charge on any atom is -0.326 e. The number of amides is 1. The third-order valence-corrected chi connectivity index (χ3v) is 3.46. The molecule has 1 aromatic carbocycles. The van der Waals surface area contributed by atoms with Gasteiger partial charge in [-0.15, -0.1) is 0 Å². The normalized spacial score (nSPS) is 19.5. The summed E-state index contributed by atoms with van der Waals surface area (Å²) in [6.07, 6.45) is 4.20. The van der Waals surface area contributed by atoms with Crippen molar-refractivity contribution >= 4 is 11.6 Å². The van der Waals surface area contributed by atoms with Crippen molar-refractivity contribution in [2.45, 2.75) is 32.6 Å². The van der Waals surface area contributed by atoms with E-state index >= 15 is 0 Å². The summed E-state index contributed by atoms with van der Waals surface area (Å²) in [7, 11) is 0. The van der Waals surface area contributed by atoms with E-state index in [9.17, 15) is 4.79 Å². The molecule has 2 N–H and O–H groups in total. The van der Waals surface area contributed by atoms with Gasteiger partial charge in [0.1, 0.15) is 0 Å². The van der Waals surface area contributed by atoms with Crippen LogP contribution in [-0.2, 0) is 11.2 Å². The minimum atomic E-state index is 0.119. The minimum absolute atomic E-state index is 0.119. The van der Waals surface area contributed by atoms with E-state index in [2.05, 4.69) is 23.6 Å². The van der Waals surface area contributed by atoms with Gasteiger partial charge >= 0.3 is 0 Å². The standard InChI is InChI=1S/C15H22N2O/c1-2-6-12-7-3-4-9-14(12)17-15(18)13-8-5-10-16-11-13/h3-4,7,9,13,16H,2,5-6,8,10-11H2,1H3,(H,17,18)/t13-/m1/s1. The molecule has 1 amide bonds. The molecule has 0 radical (unpaired) electrons. The first kappa shape index (κ1) is 13.1. The second-order valence-corrected chi connectivity index (χ2v) is 4.94. The highest BCUT2D eigenvalue weighted by Crippen LogP contribution is 2.19. The summed E-state index contributed by atoms with van der Waals surface area (Å²) in [6.45, 7) is 4.00. The lowest BCUT2D eigenvalue weighted by atomic mass is 9.98. The molecule has 98 valence electrons. The average Bonchev–Trinajstić information content (AvgIpc) is 2.42. The Bertz CT molecular complexity index is 397. The highest BCUT2D eigenvalue weighted by atomic mass is 16.1. The first-order valence-electron chi connectivity index (χ1n) is 6.90.